The third-order valence-corrected chi connectivity index (χ3v) is 4.08. The van der Waals surface area contributed by atoms with Crippen molar-refractivity contribution in [2.45, 2.75) is 31.2 Å². The number of amides is 1. The lowest BCUT2D eigenvalue weighted by Crippen LogP contribution is -2.43. The molecule has 0 radical (unpaired) electrons. The van der Waals surface area contributed by atoms with Gasteiger partial charge in [-0.2, -0.15) is 0 Å². The van der Waals surface area contributed by atoms with Crippen molar-refractivity contribution in [3.63, 3.8) is 0 Å². The second kappa shape index (κ2) is 5.45. The third kappa shape index (κ3) is 2.44. The van der Waals surface area contributed by atoms with Crippen molar-refractivity contribution in [1.82, 2.24) is 10.3 Å². The van der Waals surface area contributed by atoms with Gasteiger partial charge in [0.05, 0.1) is 5.54 Å². The summed E-state index contributed by atoms with van der Waals surface area (Å²) in [6.07, 6.45) is 7.64. The molecule has 3 nitrogen and oxygen atoms in total. The van der Waals surface area contributed by atoms with Gasteiger partial charge in [-0.05, 0) is 30.5 Å². The highest BCUT2D eigenvalue weighted by Crippen LogP contribution is 2.38. The van der Waals surface area contributed by atoms with Crippen LogP contribution in [0.2, 0.25) is 0 Å². The molecule has 1 aliphatic carbocycles. The predicted molar refractivity (Wildman–Crippen MR) is 78.3 cm³/mol. The van der Waals surface area contributed by atoms with Gasteiger partial charge in [0.15, 0.2) is 0 Å². The number of benzene rings is 1. The van der Waals surface area contributed by atoms with Crippen LogP contribution in [0.3, 0.4) is 0 Å². The lowest BCUT2D eigenvalue weighted by molar-refractivity contribution is 0.0898. The minimum Gasteiger partial charge on any atom is -0.343 e. The molecule has 2 aromatic rings. The van der Waals surface area contributed by atoms with E-state index in [1.165, 1.54) is 5.56 Å². The molecule has 3 rings (SSSR count). The van der Waals surface area contributed by atoms with Crippen LogP contribution < -0.4 is 5.32 Å². The first kappa shape index (κ1) is 12.9. The maximum absolute atomic E-state index is 12.4. The molecule has 0 atom stereocenters. The Hall–Kier alpha value is -2.16. The monoisotopic (exact) mass is 266 g/mol. The van der Waals surface area contributed by atoms with Crippen LogP contribution in [-0.2, 0) is 5.54 Å². The van der Waals surface area contributed by atoms with Gasteiger partial charge in [0, 0.05) is 18.0 Å². The van der Waals surface area contributed by atoms with Crippen molar-refractivity contribution in [2.75, 3.05) is 0 Å². The van der Waals surface area contributed by atoms with E-state index in [1.807, 2.05) is 18.2 Å². The fourth-order valence-electron chi connectivity index (χ4n) is 3.01. The Balaban J connectivity index is 1.87. The number of hydrogen-bond acceptors (Lipinski definition) is 2. The number of carbonyl (C=O) groups is 1. The zero-order chi connectivity index (χ0) is 13.8. The van der Waals surface area contributed by atoms with E-state index in [1.54, 1.807) is 24.5 Å². The molecule has 1 N–H and O–H groups in total. The van der Waals surface area contributed by atoms with Gasteiger partial charge in [-0.3, -0.25) is 9.78 Å². The van der Waals surface area contributed by atoms with Crippen molar-refractivity contribution in [1.29, 1.82) is 0 Å². The summed E-state index contributed by atoms with van der Waals surface area (Å²) in [5, 5.41) is 3.26. The molecule has 0 bridgehead atoms. The molecule has 1 heterocycles. The van der Waals surface area contributed by atoms with Crippen molar-refractivity contribution in [3.8, 4) is 0 Å². The van der Waals surface area contributed by atoms with Crippen LogP contribution in [0, 0.1) is 0 Å². The summed E-state index contributed by atoms with van der Waals surface area (Å²) in [6, 6.07) is 13.8. The van der Waals surface area contributed by atoms with Gasteiger partial charge in [0.25, 0.3) is 5.91 Å². The molecule has 1 saturated carbocycles. The second-order valence-electron chi connectivity index (χ2n) is 5.35. The summed E-state index contributed by atoms with van der Waals surface area (Å²) < 4.78 is 0. The number of rotatable bonds is 3. The summed E-state index contributed by atoms with van der Waals surface area (Å²) in [5.74, 6) is -0.0156. The fourth-order valence-corrected chi connectivity index (χ4v) is 3.01. The average molecular weight is 266 g/mol. The van der Waals surface area contributed by atoms with Crippen LogP contribution in [-0.4, -0.2) is 10.9 Å². The zero-order valence-electron chi connectivity index (χ0n) is 11.4. The van der Waals surface area contributed by atoms with Gasteiger partial charge >= 0.3 is 0 Å². The van der Waals surface area contributed by atoms with Gasteiger partial charge < -0.3 is 5.32 Å². The Labute approximate surface area is 119 Å². The van der Waals surface area contributed by atoms with Crippen LogP contribution in [0.15, 0.2) is 54.9 Å². The minimum atomic E-state index is -0.207. The van der Waals surface area contributed by atoms with Gasteiger partial charge in [-0.15, -0.1) is 0 Å². The summed E-state index contributed by atoms with van der Waals surface area (Å²) in [7, 11) is 0. The number of aromatic nitrogens is 1. The van der Waals surface area contributed by atoms with E-state index in [0.29, 0.717) is 5.56 Å². The lowest BCUT2D eigenvalue weighted by Gasteiger charge is -2.31. The Morgan fingerprint density at radius 2 is 1.65 bits per heavy atom. The fraction of sp³-hybridized carbons (Fsp3) is 0.294. The molecule has 1 aliphatic rings. The van der Waals surface area contributed by atoms with E-state index >= 15 is 0 Å². The van der Waals surface area contributed by atoms with E-state index < -0.39 is 0 Å². The van der Waals surface area contributed by atoms with Crippen molar-refractivity contribution < 1.29 is 4.79 Å². The molecule has 0 spiro atoms. The van der Waals surface area contributed by atoms with Crippen LogP contribution in [0.25, 0.3) is 0 Å². The van der Waals surface area contributed by atoms with E-state index in [9.17, 15) is 4.79 Å². The van der Waals surface area contributed by atoms with Gasteiger partial charge in [0.1, 0.15) is 0 Å². The Morgan fingerprint density at radius 3 is 2.30 bits per heavy atom. The molecule has 0 saturated heterocycles. The molecule has 1 amide bonds. The maximum atomic E-state index is 12.4. The number of nitrogens with zero attached hydrogens (tertiary/aromatic N) is 1. The van der Waals surface area contributed by atoms with E-state index in [4.69, 9.17) is 0 Å². The van der Waals surface area contributed by atoms with Crippen LogP contribution >= 0.6 is 0 Å². The molecule has 3 heteroatoms. The lowest BCUT2D eigenvalue weighted by atomic mass is 9.88. The number of hydrogen-bond donors (Lipinski definition) is 1. The largest absolute Gasteiger partial charge is 0.343 e. The van der Waals surface area contributed by atoms with Gasteiger partial charge in [-0.25, -0.2) is 0 Å². The normalized spacial score (nSPS) is 16.8. The Kier molecular flexibility index (Phi) is 3.50. The molecule has 20 heavy (non-hydrogen) atoms. The molecule has 1 fully saturated rings. The molecule has 1 aromatic carbocycles. The Bertz CT molecular complexity index is 574. The van der Waals surface area contributed by atoms with Gasteiger partial charge in [0.2, 0.25) is 0 Å². The summed E-state index contributed by atoms with van der Waals surface area (Å²) in [6.45, 7) is 0. The van der Waals surface area contributed by atoms with Crippen molar-refractivity contribution in [3.05, 3.63) is 66.0 Å². The maximum Gasteiger partial charge on any atom is 0.252 e. The minimum absolute atomic E-state index is 0.0156. The molecule has 102 valence electrons. The predicted octanol–water partition coefficient (Wildman–Crippen LogP) is 3.28. The highest BCUT2D eigenvalue weighted by Gasteiger charge is 2.36. The van der Waals surface area contributed by atoms with E-state index in [0.717, 1.165) is 25.7 Å². The number of nitrogens with one attached hydrogen (secondary N) is 1. The van der Waals surface area contributed by atoms with Crippen molar-refractivity contribution in [2.24, 2.45) is 0 Å². The van der Waals surface area contributed by atoms with Crippen LogP contribution in [0.4, 0.5) is 0 Å². The second-order valence-corrected chi connectivity index (χ2v) is 5.35. The Morgan fingerprint density at radius 1 is 1.00 bits per heavy atom. The molecule has 0 unspecified atom stereocenters. The van der Waals surface area contributed by atoms with Gasteiger partial charge in [-0.1, -0.05) is 43.2 Å². The summed E-state index contributed by atoms with van der Waals surface area (Å²) in [5.41, 5.74) is 1.67. The van der Waals surface area contributed by atoms with E-state index in [-0.39, 0.29) is 11.4 Å². The molecule has 1 aromatic heterocycles. The molecular weight excluding hydrogens is 248 g/mol. The number of pyridine rings is 1. The highest BCUT2D eigenvalue weighted by atomic mass is 16.1. The van der Waals surface area contributed by atoms with E-state index in [2.05, 4.69) is 22.4 Å². The molecule has 0 aliphatic heterocycles. The topological polar surface area (TPSA) is 42.0 Å². The first-order valence-electron chi connectivity index (χ1n) is 7.08. The zero-order valence-corrected chi connectivity index (χ0v) is 11.4. The summed E-state index contributed by atoms with van der Waals surface area (Å²) in [4.78, 5) is 16.4. The smallest absolute Gasteiger partial charge is 0.252 e. The average Bonchev–Trinajstić information content (AvgIpc) is 2.99. The highest BCUT2D eigenvalue weighted by molar-refractivity contribution is 5.94. The first-order valence-corrected chi connectivity index (χ1v) is 7.08. The molecular formula is C17H18N2O. The quantitative estimate of drug-likeness (QED) is 0.926. The SMILES string of the molecule is O=C(NC1(c2ccccc2)CCCC1)c1ccncc1. The number of carbonyl (C=O) groups excluding carboxylic acids is 1. The van der Waals surface area contributed by atoms with Crippen LogP contribution in [0.5, 0.6) is 0 Å². The first-order chi connectivity index (χ1) is 9.80. The summed E-state index contributed by atoms with van der Waals surface area (Å²) >= 11 is 0. The van der Waals surface area contributed by atoms with Crippen molar-refractivity contribution >= 4 is 5.91 Å². The standard InChI is InChI=1S/C17H18N2O/c20-16(14-8-12-18-13-9-14)19-17(10-4-5-11-17)15-6-2-1-3-7-15/h1-3,6-9,12-13H,4-5,10-11H2,(H,19,20). The van der Waals surface area contributed by atoms with Crippen LogP contribution in [0.1, 0.15) is 41.6 Å². The third-order valence-electron chi connectivity index (χ3n) is 4.08.